The van der Waals surface area contributed by atoms with Crippen molar-refractivity contribution in [3.05, 3.63) is 35.9 Å². The summed E-state index contributed by atoms with van der Waals surface area (Å²) in [6.07, 6.45) is 0. The van der Waals surface area contributed by atoms with E-state index in [9.17, 15) is 4.79 Å². The lowest BCUT2D eigenvalue weighted by Gasteiger charge is -2.25. The first-order valence-corrected chi connectivity index (χ1v) is 6.58. The Morgan fingerprint density at radius 1 is 1.25 bits per heavy atom. The fourth-order valence-corrected chi connectivity index (χ4v) is 1.75. The van der Waals surface area contributed by atoms with E-state index in [1.165, 1.54) is 5.56 Å². The highest BCUT2D eigenvalue weighted by Gasteiger charge is 2.20. The summed E-state index contributed by atoms with van der Waals surface area (Å²) in [7, 11) is 1.64. The highest BCUT2D eigenvalue weighted by atomic mass is 35.5. The third kappa shape index (κ3) is 6.89. The second-order valence-corrected chi connectivity index (χ2v) is 5.20. The van der Waals surface area contributed by atoms with Crippen LogP contribution in [0.2, 0.25) is 0 Å². The van der Waals surface area contributed by atoms with E-state index in [0.717, 1.165) is 0 Å². The summed E-state index contributed by atoms with van der Waals surface area (Å²) < 4.78 is 4.90. The number of halogens is 1. The molecule has 2 N–H and O–H groups in total. The first-order valence-electron chi connectivity index (χ1n) is 6.58. The molecule has 1 aromatic rings. The molecule has 20 heavy (non-hydrogen) atoms. The van der Waals surface area contributed by atoms with Crippen LogP contribution in [-0.4, -0.2) is 39.3 Å². The molecule has 0 aliphatic carbocycles. The Labute approximate surface area is 127 Å². The van der Waals surface area contributed by atoms with E-state index in [1.807, 2.05) is 18.2 Å². The average molecular weight is 301 g/mol. The number of hydrogen-bond acceptors (Lipinski definition) is 3. The van der Waals surface area contributed by atoms with Crippen LogP contribution in [0.1, 0.15) is 19.4 Å². The Balaban J connectivity index is 0.00000361. The van der Waals surface area contributed by atoms with Crippen LogP contribution in [0.15, 0.2) is 30.3 Å². The van der Waals surface area contributed by atoms with Crippen LogP contribution >= 0.6 is 12.4 Å². The number of carbonyl (C=O) groups excluding carboxylic acids is 1. The molecule has 0 bridgehead atoms. The fraction of sp³-hybridized carbons (Fsp3) is 0.533. The van der Waals surface area contributed by atoms with Gasteiger partial charge in [-0.2, -0.15) is 0 Å². The first-order chi connectivity index (χ1) is 9.06. The van der Waals surface area contributed by atoms with Crippen LogP contribution in [0.5, 0.6) is 0 Å². The second-order valence-electron chi connectivity index (χ2n) is 5.20. The molecule has 0 atom stereocenters. The van der Waals surface area contributed by atoms with E-state index < -0.39 is 0 Å². The lowest BCUT2D eigenvalue weighted by molar-refractivity contribution is -0.120. The SMILES string of the molecule is COCCNCC(=O)NCC(C)(C)c1ccccc1.Cl. The highest BCUT2D eigenvalue weighted by Crippen LogP contribution is 2.21. The molecule has 0 aliphatic heterocycles. The summed E-state index contributed by atoms with van der Waals surface area (Å²) in [6, 6.07) is 10.2. The second kappa shape index (κ2) is 9.75. The van der Waals surface area contributed by atoms with Crippen LogP contribution in [0.4, 0.5) is 0 Å². The van der Waals surface area contributed by atoms with Gasteiger partial charge in [-0.1, -0.05) is 44.2 Å². The predicted molar refractivity (Wildman–Crippen MR) is 84.5 cm³/mol. The van der Waals surface area contributed by atoms with Crippen LogP contribution in [0.25, 0.3) is 0 Å². The summed E-state index contributed by atoms with van der Waals surface area (Å²) in [5, 5.41) is 5.98. The van der Waals surface area contributed by atoms with Crippen molar-refractivity contribution in [3.63, 3.8) is 0 Å². The Morgan fingerprint density at radius 2 is 1.90 bits per heavy atom. The molecular weight excluding hydrogens is 276 g/mol. The number of rotatable bonds is 8. The maximum absolute atomic E-state index is 11.7. The Bertz CT molecular complexity index is 383. The molecular formula is C15H25ClN2O2. The number of methoxy groups -OCH3 is 1. The average Bonchev–Trinajstić information content (AvgIpc) is 2.42. The molecule has 0 saturated heterocycles. The molecule has 0 radical (unpaired) electrons. The lowest BCUT2D eigenvalue weighted by atomic mass is 9.84. The summed E-state index contributed by atoms with van der Waals surface area (Å²) in [5.74, 6) is 0.0140. The van der Waals surface area contributed by atoms with Gasteiger partial charge < -0.3 is 15.4 Å². The normalized spacial score (nSPS) is 10.8. The zero-order valence-corrected chi connectivity index (χ0v) is 13.3. The molecule has 0 fully saturated rings. The van der Waals surface area contributed by atoms with Gasteiger partial charge in [0.1, 0.15) is 0 Å². The Hall–Kier alpha value is -1.10. The van der Waals surface area contributed by atoms with E-state index >= 15 is 0 Å². The molecule has 1 amide bonds. The first kappa shape index (κ1) is 18.9. The molecule has 0 saturated carbocycles. The van der Waals surface area contributed by atoms with E-state index in [4.69, 9.17) is 4.74 Å². The van der Waals surface area contributed by atoms with E-state index in [2.05, 4.69) is 36.6 Å². The minimum Gasteiger partial charge on any atom is -0.383 e. The number of ether oxygens (including phenoxy) is 1. The standard InChI is InChI=1S/C15H24N2O2.ClH/c1-15(2,13-7-5-4-6-8-13)12-17-14(18)11-16-9-10-19-3;/h4-8,16H,9-12H2,1-3H3,(H,17,18);1H. The third-order valence-electron chi connectivity index (χ3n) is 3.05. The molecule has 0 spiro atoms. The summed E-state index contributed by atoms with van der Waals surface area (Å²) in [4.78, 5) is 11.7. The van der Waals surface area contributed by atoms with Gasteiger partial charge in [0.25, 0.3) is 0 Å². The van der Waals surface area contributed by atoms with Crippen LogP contribution in [0, 0.1) is 0 Å². The molecule has 0 heterocycles. The molecule has 0 aromatic heterocycles. The maximum atomic E-state index is 11.7. The number of nitrogens with one attached hydrogen (secondary N) is 2. The minimum atomic E-state index is -0.0660. The highest BCUT2D eigenvalue weighted by molar-refractivity contribution is 5.85. The number of carbonyl (C=O) groups is 1. The zero-order chi connectivity index (χ0) is 14.1. The van der Waals surface area contributed by atoms with Crippen LogP contribution in [-0.2, 0) is 14.9 Å². The van der Waals surface area contributed by atoms with Gasteiger partial charge in [-0.05, 0) is 5.56 Å². The van der Waals surface area contributed by atoms with Crippen molar-refractivity contribution >= 4 is 18.3 Å². The Kier molecular flexibility index (Phi) is 9.21. The fourth-order valence-electron chi connectivity index (χ4n) is 1.75. The van der Waals surface area contributed by atoms with Gasteiger partial charge in [0.05, 0.1) is 13.2 Å². The van der Waals surface area contributed by atoms with Crippen molar-refractivity contribution in [3.8, 4) is 0 Å². The molecule has 4 nitrogen and oxygen atoms in total. The zero-order valence-electron chi connectivity index (χ0n) is 12.4. The Morgan fingerprint density at radius 3 is 2.50 bits per heavy atom. The van der Waals surface area contributed by atoms with Crippen LogP contribution in [0.3, 0.4) is 0 Å². The smallest absolute Gasteiger partial charge is 0.233 e. The van der Waals surface area contributed by atoms with Gasteiger partial charge in [0, 0.05) is 25.6 Å². The van der Waals surface area contributed by atoms with Crippen molar-refractivity contribution in [1.82, 2.24) is 10.6 Å². The molecule has 114 valence electrons. The van der Waals surface area contributed by atoms with Crippen molar-refractivity contribution < 1.29 is 9.53 Å². The van der Waals surface area contributed by atoms with Gasteiger partial charge in [-0.3, -0.25) is 4.79 Å². The minimum absolute atomic E-state index is 0. The van der Waals surface area contributed by atoms with Crippen molar-refractivity contribution in [2.24, 2.45) is 0 Å². The molecule has 0 unspecified atom stereocenters. The summed E-state index contributed by atoms with van der Waals surface area (Å²) >= 11 is 0. The van der Waals surface area contributed by atoms with Gasteiger partial charge in [0.2, 0.25) is 5.91 Å². The molecule has 0 aliphatic rings. The lowest BCUT2D eigenvalue weighted by Crippen LogP contribution is -2.41. The number of hydrogen-bond donors (Lipinski definition) is 2. The predicted octanol–water partition coefficient (Wildman–Crippen LogP) is 1.74. The number of benzene rings is 1. The van der Waals surface area contributed by atoms with Gasteiger partial charge in [-0.25, -0.2) is 0 Å². The summed E-state index contributed by atoms with van der Waals surface area (Å²) in [6.45, 7) is 6.51. The van der Waals surface area contributed by atoms with E-state index in [-0.39, 0.29) is 23.7 Å². The summed E-state index contributed by atoms with van der Waals surface area (Å²) in [5.41, 5.74) is 1.16. The van der Waals surface area contributed by atoms with Crippen LogP contribution < -0.4 is 10.6 Å². The van der Waals surface area contributed by atoms with E-state index in [1.54, 1.807) is 7.11 Å². The van der Waals surface area contributed by atoms with Crippen molar-refractivity contribution in [2.45, 2.75) is 19.3 Å². The van der Waals surface area contributed by atoms with Crippen molar-refractivity contribution in [1.29, 1.82) is 0 Å². The molecule has 1 aromatic carbocycles. The monoisotopic (exact) mass is 300 g/mol. The molecule has 5 heteroatoms. The number of amides is 1. The topological polar surface area (TPSA) is 50.4 Å². The van der Waals surface area contributed by atoms with Crippen molar-refractivity contribution in [2.75, 3.05) is 33.4 Å². The maximum Gasteiger partial charge on any atom is 0.233 e. The van der Waals surface area contributed by atoms with Gasteiger partial charge in [0.15, 0.2) is 0 Å². The quantitative estimate of drug-likeness (QED) is 0.719. The third-order valence-corrected chi connectivity index (χ3v) is 3.05. The van der Waals surface area contributed by atoms with Gasteiger partial charge >= 0.3 is 0 Å². The van der Waals surface area contributed by atoms with Gasteiger partial charge in [-0.15, -0.1) is 12.4 Å². The molecule has 1 rings (SSSR count). The van der Waals surface area contributed by atoms with E-state index in [0.29, 0.717) is 26.2 Å². The largest absolute Gasteiger partial charge is 0.383 e.